The molecular weight excluding hydrogens is 190 g/mol. The molecule has 1 atom stereocenters. The zero-order valence-electron chi connectivity index (χ0n) is 10.5. The van der Waals surface area contributed by atoms with E-state index in [9.17, 15) is 4.79 Å². The third-order valence-corrected chi connectivity index (χ3v) is 2.70. The molecule has 0 spiro atoms. The van der Waals surface area contributed by atoms with Crippen LogP contribution in [0.5, 0.6) is 0 Å². The van der Waals surface area contributed by atoms with E-state index in [1.807, 2.05) is 25.7 Å². The lowest BCUT2D eigenvalue weighted by Gasteiger charge is -2.30. The average Bonchev–Trinajstić information content (AvgIpc) is 2.47. The highest BCUT2D eigenvalue weighted by Crippen LogP contribution is 2.25. The second-order valence-electron chi connectivity index (χ2n) is 5.63. The molecule has 3 nitrogen and oxygen atoms in total. The highest BCUT2D eigenvalue weighted by molar-refractivity contribution is 5.69. The zero-order valence-corrected chi connectivity index (χ0v) is 10.5. The molecule has 1 heterocycles. The van der Waals surface area contributed by atoms with Gasteiger partial charge in [-0.3, -0.25) is 0 Å². The smallest absolute Gasteiger partial charge is 0.410 e. The highest BCUT2D eigenvalue weighted by atomic mass is 16.6. The Morgan fingerprint density at radius 2 is 2.00 bits per heavy atom. The predicted molar refractivity (Wildman–Crippen MR) is 60.8 cm³/mol. The van der Waals surface area contributed by atoms with Crippen molar-refractivity contribution < 1.29 is 9.53 Å². The molecule has 1 saturated heterocycles. The molecule has 1 rings (SSSR count). The topological polar surface area (TPSA) is 29.5 Å². The van der Waals surface area contributed by atoms with Gasteiger partial charge >= 0.3 is 6.09 Å². The number of amides is 1. The Morgan fingerprint density at radius 3 is 2.47 bits per heavy atom. The van der Waals surface area contributed by atoms with Gasteiger partial charge < -0.3 is 9.64 Å². The Kier molecular flexibility index (Phi) is 3.63. The van der Waals surface area contributed by atoms with Crippen LogP contribution in [0.1, 0.15) is 47.5 Å². The summed E-state index contributed by atoms with van der Waals surface area (Å²) in [5, 5.41) is 0. The van der Waals surface area contributed by atoms with E-state index < -0.39 is 0 Å². The zero-order chi connectivity index (χ0) is 11.6. The minimum atomic E-state index is -0.388. The van der Waals surface area contributed by atoms with Gasteiger partial charge in [-0.15, -0.1) is 0 Å². The molecule has 0 aromatic heterocycles. The lowest BCUT2D eigenvalue weighted by molar-refractivity contribution is 0.0190. The van der Waals surface area contributed by atoms with Gasteiger partial charge in [-0.05, 0) is 39.5 Å². The molecule has 0 aromatic carbocycles. The summed E-state index contributed by atoms with van der Waals surface area (Å²) in [6.07, 6.45) is 2.05. The lowest BCUT2D eigenvalue weighted by Crippen LogP contribution is -2.41. The fourth-order valence-electron chi connectivity index (χ4n) is 2.03. The van der Waals surface area contributed by atoms with Gasteiger partial charge in [0.05, 0.1) is 0 Å². The van der Waals surface area contributed by atoms with Gasteiger partial charge in [0, 0.05) is 12.6 Å². The summed E-state index contributed by atoms with van der Waals surface area (Å²) in [6, 6.07) is 0.361. The Balaban J connectivity index is 2.59. The summed E-state index contributed by atoms with van der Waals surface area (Å²) in [5.41, 5.74) is -0.388. The van der Waals surface area contributed by atoms with Gasteiger partial charge in [0.2, 0.25) is 0 Å². The molecule has 0 aliphatic carbocycles. The predicted octanol–water partition coefficient (Wildman–Crippen LogP) is 3.04. The van der Waals surface area contributed by atoms with E-state index in [4.69, 9.17) is 4.74 Å². The van der Waals surface area contributed by atoms with Crippen LogP contribution in [-0.4, -0.2) is 29.2 Å². The minimum absolute atomic E-state index is 0.154. The summed E-state index contributed by atoms with van der Waals surface area (Å²) in [6.45, 7) is 10.9. The van der Waals surface area contributed by atoms with Crippen molar-refractivity contribution in [2.45, 2.75) is 59.1 Å². The molecule has 0 unspecified atom stereocenters. The van der Waals surface area contributed by atoms with Crippen molar-refractivity contribution in [3.63, 3.8) is 0 Å². The van der Waals surface area contributed by atoms with Crippen molar-refractivity contribution in [1.82, 2.24) is 4.90 Å². The van der Waals surface area contributed by atoms with Crippen LogP contribution in [0.2, 0.25) is 0 Å². The van der Waals surface area contributed by atoms with E-state index in [0.717, 1.165) is 19.4 Å². The van der Waals surface area contributed by atoms with Crippen molar-refractivity contribution >= 4 is 6.09 Å². The molecule has 88 valence electrons. The van der Waals surface area contributed by atoms with Gasteiger partial charge in [-0.2, -0.15) is 0 Å². The number of nitrogens with zero attached hydrogens (tertiary/aromatic N) is 1. The first-order valence-electron chi connectivity index (χ1n) is 5.81. The molecule has 0 saturated carbocycles. The quantitative estimate of drug-likeness (QED) is 0.670. The van der Waals surface area contributed by atoms with Gasteiger partial charge in [0.25, 0.3) is 0 Å². The molecule has 0 N–H and O–H groups in total. The third-order valence-electron chi connectivity index (χ3n) is 2.70. The van der Waals surface area contributed by atoms with Crippen molar-refractivity contribution in [2.75, 3.05) is 6.54 Å². The van der Waals surface area contributed by atoms with Gasteiger partial charge in [-0.1, -0.05) is 13.8 Å². The molecule has 0 radical (unpaired) electrons. The van der Waals surface area contributed by atoms with E-state index in [1.54, 1.807) is 0 Å². The molecule has 1 aliphatic rings. The van der Waals surface area contributed by atoms with E-state index in [2.05, 4.69) is 13.8 Å². The second-order valence-corrected chi connectivity index (χ2v) is 5.63. The van der Waals surface area contributed by atoms with Crippen molar-refractivity contribution in [3.8, 4) is 0 Å². The summed E-state index contributed by atoms with van der Waals surface area (Å²) in [7, 11) is 0. The molecular formula is C12H23NO2. The number of carbonyl (C=O) groups excluding carboxylic acids is 1. The second kappa shape index (κ2) is 4.42. The van der Waals surface area contributed by atoms with Crippen molar-refractivity contribution in [2.24, 2.45) is 5.92 Å². The van der Waals surface area contributed by atoms with Gasteiger partial charge in [0.1, 0.15) is 5.60 Å². The van der Waals surface area contributed by atoms with Crippen LogP contribution in [0.4, 0.5) is 4.79 Å². The summed E-state index contributed by atoms with van der Waals surface area (Å²) in [5.74, 6) is 0.514. The summed E-state index contributed by atoms with van der Waals surface area (Å²) in [4.78, 5) is 13.8. The number of likely N-dealkylation sites (tertiary alicyclic amines) is 1. The Morgan fingerprint density at radius 1 is 1.40 bits per heavy atom. The molecule has 0 bridgehead atoms. The molecule has 15 heavy (non-hydrogen) atoms. The molecule has 1 amide bonds. The first kappa shape index (κ1) is 12.3. The largest absolute Gasteiger partial charge is 0.444 e. The maximum Gasteiger partial charge on any atom is 0.410 e. The number of rotatable bonds is 1. The number of carbonyl (C=O) groups is 1. The van der Waals surface area contributed by atoms with E-state index in [1.165, 1.54) is 0 Å². The first-order valence-corrected chi connectivity index (χ1v) is 5.81. The van der Waals surface area contributed by atoms with Crippen LogP contribution in [0.3, 0.4) is 0 Å². The average molecular weight is 213 g/mol. The Hall–Kier alpha value is -0.730. The Bertz CT molecular complexity index is 230. The van der Waals surface area contributed by atoms with Crippen molar-refractivity contribution in [3.05, 3.63) is 0 Å². The molecule has 1 aliphatic heterocycles. The number of hydrogen-bond acceptors (Lipinski definition) is 2. The number of hydrogen-bond donors (Lipinski definition) is 0. The van der Waals surface area contributed by atoms with Crippen LogP contribution >= 0.6 is 0 Å². The maximum atomic E-state index is 11.9. The van der Waals surface area contributed by atoms with Gasteiger partial charge in [-0.25, -0.2) is 4.79 Å². The normalized spacial score (nSPS) is 22.3. The Labute approximate surface area is 92.8 Å². The van der Waals surface area contributed by atoms with Crippen LogP contribution in [0, 0.1) is 5.92 Å². The summed E-state index contributed by atoms with van der Waals surface area (Å²) < 4.78 is 5.39. The lowest BCUT2D eigenvalue weighted by atomic mass is 10.0. The third kappa shape index (κ3) is 3.40. The van der Waals surface area contributed by atoms with Crippen LogP contribution in [-0.2, 0) is 4.74 Å². The molecule has 1 fully saturated rings. The molecule has 3 heteroatoms. The monoisotopic (exact) mass is 213 g/mol. The van der Waals surface area contributed by atoms with Crippen LogP contribution < -0.4 is 0 Å². The van der Waals surface area contributed by atoms with E-state index >= 15 is 0 Å². The molecule has 0 aromatic rings. The fraction of sp³-hybridized carbons (Fsp3) is 0.917. The summed E-state index contributed by atoms with van der Waals surface area (Å²) >= 11 is 0. The first-order chi connectivity index (χ1) is 6.81. The van der Waals surface area contributed by atoms with E-state index in [-0.39, 0.29) is 11.7 Å². The van der Waals surface area contributed by atoms with Gasteiger partial charge in [0.15, 0.2) is 0 Å². The van der Waals surface area contributed by atoms with Crippen LogP contribution in [0.15, 0.2) is 0 Å². The number of ether oxygens (including phenoxy) is 1. The SMILES string of the molecule is CC(C)[C@H]1CCCN1C(=O)OC(C)(C)C. The fourth-order valence-corrected chi connectivity index (χ4v) is 2.03. The van der Waals surface area contributed by atoms with Crippen LogP contribution in [0.25, 0.3) is 0 Å². The van der Waals surface area contributed by atoms with Crippen molar-refractivity contribution in [1.29, 1.82) is 0 Å². The minimum Gasteiger partial charge on any atom is -0.444 e. The highest BCUT2D eigenvalue weighted by Gasteiger charge is 2.33. The van der Waals surface area contributed by atoms with E-state index in [0.29, 0.717) is 12.0 Å². The standard InChI is InChI=1S/C12H23NO2/c1-9(2)10-7-6-8-13(10)11(14)15-12(3,4)5/h9-10H,6-8H2,1-5H3/t10-/m1/s1. The maximum absolute atomic E-state index is 11.9.